The molecule has 0 aliphatic heterocycles. The van der Waals surface area contributed by atoms with Crippen LogP contribution in [0.15, 0.2) is 36.7 Å². The van der Waals surface area contributed by atoms with Gasteiger partial charge in [0.15, 0.2) is 0 Å². The summed E-state index contributed by atoms with van der Waals surface area (Å²) in [6.45, 7) is 4.18. The molecule has 4 heteroatoms. The van der Waals surface area contributed by atoms with Crippen molar-refractivity contribution in [1.29, 1.82) is 0 Å². The molecule has 1 heterocycles. The lowest BCUT2D eigenvalue weighted by Crippen LogP contribution is -2.18. The molecule has 0 spiro atoms. The van der Waals surface area contributed by atoms with Crippen molar-refractivity contribution in [3.8, 4) is 5.69 Å². The Morgan fingerprint density at radius 3 is 2.67 bits per heavy atom. The zero-order valence-electron chi connectivity index (χ0n) is 10.7. The Hall–Kier alpha value is -2.10. The number of hydrogen-bond donors (Lipinski definition) is 1. The van der Waals surface area contributed by atoms with E-state index < -0.39 is 0 Å². The van der Waals surface area contributed by atoms with Gasteiger partial charge in [0.05, 0.1) is 0 Å². The van der Waals surface area contributed by atoms with Gasteiger partial charge in [-0.05, 0) is 17.7 Å². The number of carbonyl (C=O) groups is 1. The molecule has 0 fully saturated rings. The summed E-state index contributed by atoms with van der Waals surface area (Å²) in [4.78, 5) is 15.1. The number of imidazole rings is 1. The van der Waals surface area contributed by atoms with Gasteiger partial charge in [0.2, 0.25) is 5.91 Å². The van der Waals surface area contributed by atoms with Gasteiger partial charge in [-0.25, -0.2) is 4.98 Å². The van der Waals surface area contributed by atoms with Gasteiger partial charge in [-0.3, -0.25) is 4.79 Å². The Morgan fingerprint density at radius 1 is 1.33 bits per heavy atom. The molecule has 94 valence electrons. The monoisotopic (exact) mass is 243 g/mol. The fourth-order valence-electron chi connectivity index (χ4n) is 1.83. The van der Waals surface area contributed by atoms with E-state index in [1.165, 1.54) is 6.92 Å². The topological polar surface area (TPSA) is 46.9 Å². The zero-order chi connectivity index (χ0) is 13.0. The molecule has 4 nitrogen and oxygen atoms in total. The van der Waals surface area contributed by atoms with Crippen LogP contribution in [0, 0.1) is 0 Å². The number of nitrogens with zero attached hydrogens (tertiary/aromatic N) is 2. The summed E-state index contributed by atoms with van der Waals surface area (Å²) < 4.78 is 2.07. The second-order valence-corrected chi connectivity index (χ2v) is 4.14. The van der Waals surface area contributed by atoms with E-state index in [4.69, 9.17) is 0 Å². The van der Waals surface area contributed by atoms with E-state index in [0.29, 0.717) is 6.54 Å². The van der Waals surface area contributed by atoms with Crippen molar-refractivity contribution < 1.29 is 4.79 Å². The number of carbonyl (C=O) groups excluding carboxylic acids is 1. The van der Waals surface area contributed by atoms with E-state index in [0.717, 1.165) is 23.5 Å². The highest BCUT2D eigenvalue weighted by Gasteiger charge is 2.02. The van der Waals surface area contributed by atoms with Crippen molar-refractivity contribution in [2.45, 2.75) is 26.8 Å². The van der Waals surface area contributed by atoms with Crippen molar-refractivity contribution in [3.05, 3.63) is 48.0 Å². The molecule has 0 unspecified atom stereocenters. The standard InChI is InChI=1S/C14H17N3O/c1-3-14-15-8-9-17(14)13-6-4-12(5-7-13)10-16-11(2)18/h4-9H,3,10H2,1-2H3,(H,16,18). The van der Waals surface area contributed by atoms with E-state index >= 15 is 0 Å². The minimum Gasteiger partial charge on any atom is -0.352 e. The first kappa shape index (κ1) is 12.4. The van der Waals surface area contributed by atoms with Gasteiger partial charge in [0, 0.05) is 38.0 Å². The van der Waals surface area contributed by atoms with Crippen LogP contribution in [0.1, 0.15) is 25.2 Å². The lowest BCUT2D eigenvalue weighted by molar-refractivity contribution is -0.119. The van der Waals surface area contributed by atoms with Gasteiger partial charge >= 0.3 is 0 Å². The van der Waals surface area contributed by atoms with Crippen LogP contribution in [-0.4, -0.2) is 15.5 Å². The van der Waals surface area contributed by atoms with Gasteiger partial charge in [0.1, 0.15) is 5.82 Å². The lowest BCUT2D eigenvalue weighted by Gasteiger charge is -2.08. The maximum atomic E-state index is 10.8. The molecule has 0 saturated carbocycles. The molecule has 0 atom stereocenters. The average Bonchev–Trinajstić information content (AvgIpc) is 2.85. The number of aryl methyl sites for hydroxylation is 1. The molecular formula is C14H17N3O. The number of rotatable bonds is 4. The van der Waals surface area contributed by atoms with E-state index in [-0.39, 0.29) is 5.91 Å². The smallest absolute Gasteiger partial charge is 0.217 e. The summed E-state index contributed by atoms with van der Waals surface area (Å²) in [5, 5.41) is 2.78. The highest BCUT2D eigenvalue weighted by molar-refractivity contribution is 5.72. The van der Waals surface area contributed by atoms with E-state index in [1.54, 1.807) is 0 Å². The van der Waals surface area contributed by atoms with Gasteiger partial charge in [-0.1, -0.05) is 19.1 Å². The van der Waals surface area contributed by atoms with Crippen molar-refractivity contribution in [3.63, 3.8) is 0 Å². The van der Waals surface area contributed by atoms with Crippen LogP contribution in [-0.2, 0) is 17.8 Å². The molecule has 1 N–H and O–H groups in total. The number of hydrogen-bond acceptors (Lipinski definition) is 2. The summed E-state index contributed by atoms with van der Waals surface area (Å²) in [5.74, 6) is 1.03. The lowest BCUT2D eigenvalue weighted by atomic mass is 10.2. The van der Waals surface area contributed by atoms with Crippen LogP contribution >= 0.6 is 0 Å². The SMILES string of the molecule is CCc1nccn1-c1ccc(CNC(C)=O)cc1. The summed E-state index contributed by atoms with van der Waals surface area (Å²) in [5.41, 5.74) is 2.18. The van der Waals surface area contributed by atoms with Crippen LogP contribution < -0.4 is 5.32 Å². The van der Waals surface area contributed by atoms with Gasteiger partial charge in [-0.2, -0.15) is 0 Å². The number of nitrogens with one attached hydrogen (secondary N) is 1. The maximum Gasteiger partial charge on any atom is 0.217 e. The Kier molecular flexibility index (Phi) is 3.77. The van der Waals surface area contributed by atoms with Crippen molar-refractivity contribution in [1.82, 2.24) is 14.9 Å². The Morgan fingerprint density at radius 2 is 2.06 bits per heavy atom. The predicted octanol–water partition coefficient (Wildman–Crippen LogP) is 2.07. The highest BCUT2D eigenvalue weighted by Crippen LogP contribution is 2.12. The average molecular weight is 243 g/mol. The van der Waals surface area contributed by atoms with Gasteiger partial charge < -0.3 is 9.88 Å². The van der Waals surface area contributed by atoms with Gasteiger partial charge in [0.25, 0.3) is 0 Å². The second kappa shape index (κ2) is 5.49. The van der Waals surface area contributed by atoms with Crippen LogP contribution in [0.4, 0.5) is 0 Å². The van der Waals surface area contributed by atoms with Crippen LogP contribution in [0.2, 0.25) is 0 Å². The second-order valence-electron chi connectivity index (χ2n) is 4.14. The molecule has 2 rings (SSSR count). The molecule has 2 aromatic rings. The van der Waals surface area contributed by atoms with Crippen molar-refractivity contribution in [2.75, 3.05) is 0 Å². The number of amides is 1. The molecule has 1 amide bonds. The third-order valence-corrected chi connectivity index (χ3v) is 2.79. The third-order valence-electron chi connectivity index (χ3n) is 2.79. The minimum absolute atomic E-state index is 0.0121. The first-order chi connectivity index (χ1) is 8.70. The Bertz CT molecular complexity index is 528. The molecule has 0 aliphatic carbocycles. The minimum atomic E-state index is -0.0121. The normalized spacial score (nSPS) is 10.3. The van der Waals surface area contributed by atoms with E-state index in [2.05, 4.69) is 21.8 Å². The first-order valence-corrected chi connectivity index (χ1v) is 6.06. The third kappa shape index (κ3) is 2.77. The predicted molar refractivity (Wildman–Crippen MR) is 70.5 cm³/mol. The maximum absolute atomic E-state index is 10.8. The molecule has 0 saturated heterocycles. The molecule has 0 radical (unpaired) electrons. The molecule has 0 bridgehead atoms. The summed E-state index contributed by atoms with van der Waals surface area (Å²) in [6, 6.07) is 8.12. The van der Waals surface area contributed by atoms with Crippen LogP contribution in [0.25, 0.3) is 5.69 Å². The van der Waals surface area contributed by atoms with Crippen LogP contribution in [0.5, 0.6) is 0 Å². The fraction of sp³-hybridized carbons (Fsp3) is 0.286. The van der Waals surface area contributed by atoms with E-state index in [9.17, 15) is 4.79 Å². The Labute approximate surface area is 107 Å². The highest BCUT2D eigenvalue weighted by atomic mass is 16.1. The summed E-state index contributed by atoms with van der Waals surface area (Å²) in [7, 11) is 0. The molecule has 1 aromatic carbocycles. The number of aromatic nitrogens is 2. The van der Waals surface area contributed by atoms with E-state index in [1.807, 2.05) is 36.7 Å². The summed E-state index contributed by atoms with van der Waals surface area (Å²) in [6.07, 6.45) is 4.67. The quantitative estimate of drug-likeness (QED) is 0.893. The van der Waals surface area contributed by atoms with Crippen molar-refractivity contribution in [2.24, 2.45) is 0 Å². The first-order valence-electron chi connectivity index (χ1n) is 6.06. The van der Waals surface area contributed by atoms with Gasteiger partial charge in [-0.15, -0.1) is 0 Å². The largest absolute Gasteiger partial charge is 0.352 e. The fourth-order valence-corrected chi connectivity index (χ4v) is 1.83. The van der Waals surface area contributed by atoms with Crippen LogP contribution in [0.3, 0.4) is 0 Å². The molecular weight excluding hydrogens is 226 g/mol. The number of benzene rings is 1. The summed E-state index contributed by atoms with van der Waals surface area (Å²) >= 11 is 0. The molecule has 1 aromatic heterocycles. The zero-order valence-corrected chi connectivity index (χ0v) is 10.7. The molecule has 0 aliphatic rings. The van der Waals surface area contributed by atoms with Crippen molar-refractivity contribution >= 4 is 5.91 Å². The molecule has 18 heavy (non-hydrogen) atoms. The Balaban J connectivity index is 2.14.